The van der Waals surface area contributed by atoms with Crippen LogP contribution in [0.2, 0.25) is 0 Å². The van der Waals surface area contributed by atoms with Gasteiger partial charge in [-0.05, 0) is 37.8 Å². The Morgan fingerprint density at radius 2 is 1.89 bits per heavy atom. The minimum absolute atomic E-state index is 0.135. The fourth-order valence-corrected chi connectivity index (χ4v) is 4.06. The van der Waals surface area contributed by atoms with Gasteiger partial charge in [0.15, 0.2) is 0 Å². The zero-order valence-electron chi connectivity index (χ0n) is 20.6. The maximum absolute atomic E-state index is 13.4. The Bertz CT molecular complexity index is 1360. The summed E-state index contributed by atoms with van der Waals surface area (Å²) in [6.45, 7) is 2.52. The predicted octanol–water partition coefficient (Wildman–Crippen LogP) is 4.25. The van der Waals surface area contributed by atoms with Crippen molar-refractivity contribution >= 4 is 16.9 Å². The zero-order chi connectivity index (χ0) is 27.2. The Balaban J connectivity index is 1.65. The number of esters is 1. The van der Waals surface area contributed by atoms with Gasteiger partial charge in [-0.25, -0.2) is 9.59 Å². The van der Waals surface area contributed by atoms with Crippen molar-refractivity contribution < 1.29 is 37.0 Å². The zero-order valence-corrected chi connectivity index (χ0v) is 20.6. The molecule has 0 spiro atoms. The molecule has 0 atom stereocenters. The van der Waals surface area contributed by atoms with Gasteiger partial charge in [-0.2, -0.15) is 13.2 Å². The number of halogens is 3. The third-order valence-corrected chi connectivity index (χ3v) is 5.84. The largest absolute Gasteiger partial charge is 0.493 e. The van der Waals surface area contributed by atoms with Gasteiger partial charge < -0.3 is 19.0 Å². The summed E-state index contributed by atoms with van der Waals surface area (Å²) >= 11 is 0. The lowest BCUT2D eigenvalue weighted by Gasteiger charge is -2.15. The van der Waals surface area contributed by atoms with E-state index in [9.17, 15) is 32.7 Å². The number of hydrogen-bond donors (Lipinski definition) is 1. The first-order valence-electron chi connectivity index (χ1n) is 11.9. The quantitative estimate of drug-likeness (QED) is 0.213. The summed E-state index contributed by atoms with van der Waals surface area (Å²) in [6, 6.07) is 3.12. The molecule has 37 heavy (non-hydrogen) atoms. The SMILES string of the molecule is CCCc1c(OCCCCn2c(O)cn(CCCC(=O)OC)c2=O)ccc2c(C(F)(F)F)cc(=O)oc12. The number of nitrogens with zero attached hydrogens (tertiary/aromatic N) is 2. The van der Waals surface area contributed by atoms with Crippen molar-refractivity contribution in [2.45, 2.75) is 64.7 Å². The van der Waals surface area contributed by atoms with Crippen LogP contribution in [0.3, 0.4) is 0 Å². The average Bonchev–Trinajstić information content (AvgIpc) is 3.11. The number of aryl methyl sites for hydroxylation is 2. The van der Waals surface area contributed by atoms with E-state index in [-0.39, 0.29) is 48.9 Å². The van der Waals surface area contributed by atoms with E-state index in [0.29, 0.717) is 49.5 Å². The molecule has 0 amide bonds. The van der Waals surface area contributed by atoms with Gasteiger partial charge in [0, 0.05) is 36.5 Å². The van der Waals surface area contributed by atoms with Gasteiger partial charge in [-0.3, -0.25) is 13.9 Å². The number of alkyl halides is 3. The Labute approximate surface area is 210 Å². The van der Waals surface area contributed by atoms with Crippen LogP contribution in [0, 0.1) is 0 Å². The van der Waals surface area contributed by atoms with E-state index in [1.54, 1.807) is 0 Å². The molecular weight excluding hydrogens is 497 g/mol. The predicted molar refractivity (Wildman–Crippen MR) is 128 cm³/mol. The summed E-state index contributed by atoms with van der Waals surface area (Å²) in [5.74, 6) is -0.249. The minimum Gasteiger partial charge on any atom is -0.493 e. The number of imidazole rings is 1. The highest BCUT2D eigenvalue weighted by Gasteiger charge is 2.34. The number of fused-ring (bicyclic) bond motifs is 1. The molecule has 2 aromatic heterocycles. The molecule has 0 aliphatic carbocycles. The maximum atomic E-state index is 13.4. The van der Waals surface area contributed by atoms with Crippen LogP contribution in [-0.2, 0) is 35.2 Å². The normalized spacial score (nSPS) is 11.7. The van der Waals surface area contributed by atoms with Gasteiger partial charge in [-0.1, -0.05) is 13.3 Å². The molecule has 1 N–H and O–H groups in total. The van der Waals surface area contributed by atoms with Crippen LogP contribution in [0.25, 0.3) is 11.0 Å². The number of carbonyl (C=O) groups is 1. The lowest BCUT2D eigenvalue weighted by molar-refractivity contribution is -0.140. The van der Waals surface area contributed by atoms with Gasteiger partial charge >= 0.3 is 23.5 Å². The fourth-order valence-electron chi connectivity index (χ4n) is 4.06. The smallest absolute Gasteiger partial charge is 0.417 e. The van der Waals surface area contributed by atoms with Gasteiger partial charge in [0.1, 0.15) is 11.3 Å². The number of carbonyl (C=O) groups excluding carboxylic acids is 1. The molecule has 3 aromatic rings. The number of unbranched alkanes of at least 4 members (excludes halogenated alkanes) is 1. The summed E-state index contributed by atoms with van der Waals surface area (Å²) in [4.78, 5) is 35.5. The van der Waals surface area contributed by atoms with Crippen molar-refractivity contribution in [2.75, 3.05) is 13.7 Å². The third-order valence-electron chi connectivity index (χ3n) is 5.84. The molecule has 0 bridgehead atoms. The number of rotatable bonds is 12. The highest BCUT2D eigenvalue weighted by atomic mass is 19.4. The Kier molecular flexibility index (Phi) is 9.06. The molecule has 0 aliphatic heterocycles. The first-order chi connectivity index (χ1) is 17.6. The van der Waals surface area contributed by atoms with Crippen LogP contribution in [-0.4, -0.2) is 33.9 Å². The van der Waals surface area contributed by atoms with E-state index >= 15 is 0 Å². The van der Waals surface area contributed by atoms with Crippen molar-refractivity contribution in [3.05, 3.63) is 56.4 Å². The summed E-state index contributed by atoms with van der Waals surface area (Å²) in [6.07, 6.45) is -0.950. The molecule has 202 valence electrons. The summed E-state index contributed by atoms with van der Waals surface area (Å²) in [5, 5.41) is 9.90. The summed E-state index contributed by atoms with van der Waals surface area (Å²) in [5.41, 5.74) is -2.29. The molecule has 2 heterocycles. The van der Waals surface area contributed by atoms with Gasteiger partial charge in [0.05, 0.1) is 25.5 Å². The number of aromatic nitrogens is 2. The molecule has 0 fully saturated rings. The molecule has 9 nitrogen and oxygen atoms in total. The maximum Gasteiger partial charge on any atom is 0.417 e. The summed E-state index contributed by atoms with van der Waals surface area (Å²) in [7, 11) is 1.28. The van der Waals surface area contributed by atoms with E-state index < -0.39 is 23.1 Å². The molecule has 0 saturated heterocycles. The molecular formula is C25H29F3N2O7. The second-order valence-electron chi connectivity index (χ2n) is 8.50. The highest BCUT2D eigenvalue weighted by Crippen LogP contribution is 2.37. The van der Waals surface area contributed by atoms with Crippen molar-refractivity contribution in [2.24, 2.45) is 0 Å². The van der Waals surface area contributed by atoms with E-state index in [1.807, 2.05) is 6.92 Å². The van der Waals surface area contributed by atoms with Crippen LogP contribution in [0.4, 0.5) is 13.2 Å². The Hall–Kier alpha value is -3.70. The molecule has 0 unspecified atom stereocenters. The monoisotopic (exact) mass is 526 g/mol. The number of hydrogen-bond acceptors (Lipinski definition) is 7. The average molecular weight is 527 g/mol. The molecule has 12 heteroatoms. The Morgan fingerprint density at radius 3 is 2.57 bits per heavy atom. The van der Waals surface area contributed by atoms with Crippen molar-refractivity contribution in [3.63, 3.8) is 0 Å². The lowest BCUT2D eigenvalue weighted by Crippen LogP contribution is -2.24. The number of methoxy groups -OCH3 is 1. The van der Waals surface area contributed by atoms with Gasteiger partial charge in [0.2, 0.25) is 5.88 Å². The molecule has 0 saturated carbocycles. The second kappa shape index (κ2) is 12.0. The second-order valence-corrected chi connectivity index (χ2v) is 8.50. The topological polar surface area (TPSA) is 113 Å². The van der Waals surface area contributed by atoms with Crippen molar-refractivity contribution in [1.82, 2.24) is 9.13 Å². The molecule has 0 radical (unpaired) electrons. The van der Waals surface area contributed by atoms with Crippen LogP contribution in [0.5, 0.6) is 11.6 Å². The van der Waals surface area contributed by atoms with Gasteiger partial charge in [-0.15, -0.1) is 0 Å². The van der Waals surface area contributed by atoms with E-state index in [2.05, 4.69) is 4.74 Å². The minimum atomic E-state index is -4.70. The Morgan fingerprint density at radius 1 is 1.14 bits per heavy atom. The van der Waals surface area contributed by atoms with Crippen LogP contribution < -0.4 is 16.1 Å². The third kappa shape index (κ3) is 6.75. The van der Waals surface area contributed by atoms with E-state index in [1.165, 1.54) is 34.6 Å². The standard InChI is InChI=1S/C25H29F3N2O7/c1-3-7-17-19(10-9-16-18(25(26,27)28)14-22(33)37-23(16)17)36-13-5-4-12-30-20(31)15-29(24(30)34)11-6-8-21(32)35-2/h9-10,14-15,31H,3-8,11-13H2,1-2H3. The number of aromatic hydroxyl groups is 1. The highest BCUT2D eigenvalue weighted by molar-refractivity contribution is 5.85. The number of ether oxygens (including phenoxy) is 2. The van der Waals surface area contributed by atoms with E-state index in [4.69, 9.17) is 9.15 Å². The molecule has 3 rings (SSSR count). The first-order valence-corrected chi connectivity index (χ1v) is 11.9. The lowest BCUT2D eigenvalue weighted by atomic mass is 10.0. The molecule has 0 aliphatic rings. The number of benzene rings is 1. The van der Waals surface area contributed by atoms with Crippen LogP contribution in [0.1, 0.15) is 50.2 Å². The van der Waals surface area contributed by atoms with E-state index in [0.717, 1.165) is 0 Å². The molecule has 1 aromatic carbocycles. The summed E-state index contributed by atoms with van der Waals surface area (Å²) < 4.78 is 58.4. The fraction of sp³-hybridized carbons (Fsp3) is 0.480. The van der Waals surface area contributed by atoms with Crippen LogP contribution in [0.15, 0.2) is 38.4 Å². The first kappa shape index (κ1) is 27.9. The van der Waals surface area contributed by atoms with Crippen molar-refractivity contribution in [1.29, 1.82) is 0 Å². The van der Waals surface area contributed by atoms with Gasteiger partial charge in [0.25, 0.3) is 0 Å². The van der Waals surface area contributed by atoms with Crippen molar-refractivity contribution in [3.8, 4) is 11.6 Å². The van der Waals surface area contributed by atoms with Crippen LogP contribution >= 0.6 is 0 Å².